The topological polar surface area (TPSA) is 122 Å². The molecule has 0 radical (unpaired) electrons. The summed E-state index contributed by atoms with van der Waals surface area (Å²) in [6.07, 6.45) is -3.92. The molecular weight excluding hydrogens is 487 g/mol. The maximum absolute atomic E-state index is 12.3. The van der Waals surface area contributed by atoms with Gasteiger partial charge < -0.3 is 15.4 Å². The number of nitrogens with zero attached hydrogens (tertiary/aromatic N) is 2. The van der Waals surface area contributed by atoms with E-state index < -0.39 is 27.9 Å². The zero-order valence-electron chi connectivity index (χ0n) is 16.6. The van der Waals surface area contributed by atoms with Crippen LogP contribution in [0.5, 0.6) is 5.75 Å². The van der Waals surface area contributed by atoms with Crippen LogP contribution in [0.1, 0.15) is 0 Å². The van der Waals surface area contributed by atoms with E-state index in [4.69, 9.17) is 11.6 Å². The second-order valence-electron chi connectivity index (χ2n) is 6.31. The summed E-state index contributed by atoms with van der Waals surface area (Å²) in [5.41, 5.74) is 0.799. The molecule has 0 aliphatic carbocycles. The quantitative estimate of drug-likeness (QED) is 0.328. The molecule has 0 amide bonds. The lowest BCUT2D eigenvalue weighted by Crippen LogP contribution is -2.28. The molecule has 0 bridgehead atoms. The number of alkyl halides is 3. The third kappa shape index (κ3) is 6.31. The first-order valence-electron chi connectivity index (χ1n) is 8.96. The fourth-order valence-electron chi connectivity index (χ4n) is 2.47. The molecule has 0 spiro atoms. The van der Waals surface area contributed by atoms with Crippen molar-refractivity contribution in [2.24, 2.45) is 0 Å². The van der Waals surface area contributed by atoms with Crippen molar-refractivity contribution in [2.75, 3.05) is 17.7 Å². The Balaban J connectivity index is 1.74. The average molecular weight is 502 g/mol. The normalized spacial score (nSPS) is 11.7. The summed E-state index contributed by atoms with van der Waals surface area (Å²) in [5.74, 6) is -2.22. The van der Waals surface area contributed by atoms with Gasteiger partial charge in [0.1, 0.15) is 23.7 Å². The summed E-state index contributed by atoms with van der Waals surface area (Å²) >= 11 is 5.91. The minimum atomic E-state index is -5.15. The summed E-state index contributed by atoms with van der Waals surface area (Å²) in [6, 6.07) is 11.2. The SMILES string of the molecule is CNS(=O)(=O)c1cccc(Nc2cc(Nc3ccc(OC(=O)C(F)(F)F)c(Cl)c3)ncn2)c1. The monoisotopic (exact) mass is 501 g/mol. The molecule has 9 nitrogen and oxygen atoms in total. The summed E-state index contributed by atoms with van der Waals surface area (Å²) in [7, 11) is -2.32. The van der Waals surface area contributed by atoms with E-state index >= 15 is 0 Å². The molecule has 2 aromatic carbocycles. The molecule has 0 atom stereocenters. The fourth-order valence-corrected chi connectivity index (χ4v) is 3.46. The van der Waals surface area contributed by atoms with Gasteiger partial charge in [0, 0.05) is 17.4 Å². The van der Waals surface area contributed by atoms with Crippen LogP contribution in [0.3, 0.4) is 0 Å². The standard InChI is InChI=1S/C19H15ClF3N5O4S/c1-24-33(30,31)13-4-2-3-11(7-13)27-16-9-17(26-10-25-16)28-12-5-6-15(14(20)8-12)32-18(29)19(21,22)23/h2-10,24H,1H3,(H2,25,26,27,28). The summed E-state index contributed by atoms with van der Waals surface area (Å²) in [4.78, 5) is 19.1. The number of hydrogen-bond donors (Lipinski definition) is 3. The Bertz CT molecular complexity index is 1290. The van der Waals surface area contributed by atoms with Crippen LogP contribution >= 0.6 is 11.6 Å². The van der Waals surface area contributed by atoms with Crippen molar-refractivity contribution in [3.05, 3.63) is 59.9 Å². The number of anilines is 4. The Labute approximate surface area is 191 Å². The van der Waals surface area contributed by atoms with Gasteiger partial charge in [-0.25, -0.2) is 27.9 Å². The highest BCUT2D eigenvalue weighted by Crippen LogP contribution is 2.31. The Morgan fingerprint density at radius 2 is 1.64 bits per heavy atom. The molecule has 33 heavy (non-hydrogen) atoms. The van der Waals surface area contributed by atoms with Gasteiger partial charge in [0.25, 0.3) is 0 Å². The van der Waals surface area contributed by atoms with Gasteiger partial charge in [0.15, 0.2) is 0 Å². The van der Waals surface area contributed by atoms with Crippen molar-refractivity contribution in [3.8, 4) is 5.75 Å². The lowest BCUT2D eigenvalue weighted by Gasteiger charge is -2.12. The number of aromatic nitrogens is 2. The van der Waals surface area contributed by atoms with Gasteiger partial charge >= 0.3 is 12.1 Å². The first-order valence-corrected chi connectivity index (χ1v) is 10.8. The smallest absolute Gasteiger partial charge is 0.418 e. The van der Waals surface area contributed by atoms with Gasteiger partial charge in [0.05, 0.1) is 9.92 Å². The van der Waals surface area contributed by atoms with Gasteiger partial charge in [-0.05, 0) is 43.4 Å². The Hall–Kier alpha value is -3.42. The van der Waals surface area contributed by atoms with Gasteiger partial charge in [-0.2, -0.15) is 13.2 Å². The van der Waals surface area contributed by atoms with Crippen LogP contribution in [-0.4, -0.2) is 37.6 Å². The highest BCUT2D eigenvalue weighted by Gasteiger charge is 2.41. The van der Waals surface area contributed by atoms with E-state index in [1.807, 2.05) is 0 Å². The predicted octanol–water partition coefficient (Wildman–Crippen LogP) is 3.99. The van der Waals surface area contributed by atoms with Crippen LogP contribution in [0, 0.1) is 0 Å². The van der Waals surface area contributed by atoms with Crippen molar-refractivity contribution in [1.29, 1.82) is 0 Å². The summed E-state index contributed by atoms with van der Waals surface area (Å²) in [6.45, 7) is 0. The van der Waals surface area contributed by atoms with E-state index in [1.54, 1.807) is 12.1 Å². The molecule has 0 fully saturated rings. The van der Waals surface area contributed by atoms with Gasteiger partial charge in [-0.1, -0.05) is 17.7 Å². The zero-order chi connectivity index (χ0) is 24.2. The minimum Gasteiger partial charge on any atom is -0.418 e. The van der Waals surface area contributed by atoms with Crippen LogP contribution in [0.4, 0.5) is 36.2 Å². The molecule has 3 N–H and O–H groups in total. The lowest BCUT2D eigenvalue weighted by molar-refractivity contribution is -0.189. The number of nitrogens with one attached hydrogen (secondary N) is 3. The van der Waals surface area contributed by atoms with Gasteiger partial charge in [-0.15, -0.1) is 0 Å². The molecule has 1 aromatic heterocycles. The molecule has 14 heteroatoms. The second-order valence-corrected chi connectivity index (χ2v) is 8.60. The molecular formula is C19H15ClF3N5O4S. The van der Waals surface area contributed by atoms with Gasteiger partial charge in [0.2, 0.25) is 10.0 Å². The molecule has 3 aromatic rings. The van der Waals surface area contributed by atoms with E-state index in [-0.39, 0.29) is 9.92 Å². The molecule has 0 saturated carbocycles. The highest BCUT2D eigenvalue weighted by molar-refractivity contribution is 7.89. The van der Waals surface area contributed by atoms with E-state index in [0.29, 0.717) is 23.0 Å². The Morgan fingerprint density at radius 3 is 2.21 bits per heavy atom. The number of ether oxygens (including phenoxy) is 1. The number of halogens is 4. The van der Waals surface area contributed by atoms with E-state index in [1.165, 1.54) is 43.7 Å². The first kappa shape index (κ1) is 24.2. The number of sulfonamides is 1. The largest absolute Gasteiger partial charge is 0.491 e. The number of carbonyl (C=O) groups excluding carboxylic acids is 1. The number of hydrogen-bond acceptors (Lipinski definition) is 8. The van der Waals surface area contributed by atoms with Crippen molar-refractivity contribution in [3.63, 3.8) is 0 Å². The van der Waals surface area contributed by atoms with E-state index in [0.717, 1.165) is 6.07 Å². The van der Waals surface area contributed by atoms with E-state index in [9.17, 15) is 26.4 Å². The number of esters is 1. The van der Waals surface area contributed by atoms with Crippen molar-refractivity contribution in [1.82, 2.24) is 14.7 Å². The number of rotatable bonds is 7. The Morgan fingerprint density at radius 1 is 1.00 bits per heavy atom. The van der Waals surface area contributed by atoms with Crippen LogP contribution in [0.15, 0.2) is 59.8 Å². The molecule has 0 unspecified atom stereocenters. The molecule has 1 heterocycles. The lowest BCUT2D eigenvalue weighted by atomic mass is 10.3. The third-order valence-corrected chi connectivity index (χ3v) is 5.70. The van der Waals surface area contributed by atoms with Crippen molar-refractivity contribution >= 4 is 50.6 Å². The fraction of sp³-hybridized carbons (Fsp3) is 0.105. The summed E-state index contributed by atoms with van der Waals surface area (Å²) in [5, 5.41) is 5.60. The van der Waals surface area contributed by atoms with E-state index in [2.05, 4.69) is 30.1 Å². The second kappa shape index (κ2) is 9.60. The maximum atomic E-state index is 12.3. The highest BCUT2D eigenvalue weighted by atomic mass is 35.5. The van der Waals surface area contributed by atoms with Crippen LogP contribution in [0.25, 0.3) is 0 Å². The molecule has 3 rings (SSSR count). The van der Waals surface area contributed by atoms with Crippen molar-refractivity contribution in [2.45, 2.75) is 11.1 Å². The van der Waals surface area contributed by atoms with Gasteiger partial charge in [-0.3, -0.25) is 0 Å². The number of benzene rings is 2. The molecule has 0 aliphatic rings. The molecule has 0 saturated heterocycles. The van der Waals surface area contributed by atoms with Crippen LogP contribution in [0.2, 0.25) is 5.02 Å². The van der Waals surface area contributed by atoms with Crippen LogP contribution < -0.4 is 20.1 Å². The Kier molecular flexibility index (Phi) is 7.05. The zero-order valence-corrected chi connectivity index (χ0v) is 18.2. The minimum absolute atomic E-state index is 0.0587. The molecule has 174 valence electrons. The summed E-state index contributed by atoms with van der Waals surface area (Å²) < 4.78 is 67.4. The number of carbonyl (C=O) groups is 1. The molecule has 0 aliphatic heterocycles. The predicted molar refractivity (Wildman–Crippen MR) is 114 cm³/mol. The van der Waals surface area contributed by atoms with Crippen LogP contribution in [-0.2, 0) is 14.8 Å². The third-order valence-electron chi connectivity index (χ3n) is 3.99. The maximum Gasteiger partial charge on any atom is 0.491 e. The average Bonchev–Trinajstić information content (AvgIpc) is 2.75. The van der Waals surface area contributed by atoms with Crippen molar-refractivity contribution < 1.29 is 31.1 Å². The first-order chi connectivity index (χ1) is 15.5.